The normalized spacial score (nSPS) is 19.0. The van der Waals surface area contributed by atoms with Gasteiger partial charge >= 0.3 is 12.1 Å². The minimum atomic E-state index is -4.90. The van der Waals surface area contributed by atoms with Crippen molar-refractivity contribution in [1.82, 2.24) is 35.3 Å². The molecule has 1 saturated heterocycles. The van der Waals surface area contributed by atoms with Crippen LogP contribution in [0, 0.1) is 33.1 Å². The van der Waals surface area contributed by atoms with E-state index in [0.29, 0.717) is 41.3 Å². The molecule has 0 saturated carbocycles. The highest BCUT2D eigenvalue weighted by Crippen LogP contribution is 2.42. The number of hydrogen-bond acceptors (Lipinski definition) is 11. The highest BCUT2D eigenvalue weighted by atomic mass is 32.1. The summed E-state index contributed by atoms with van der Waals surface area (Å²) in [6.45, 7) is 15.1. The first-order valence-corrected chi connectivity index (χ1v) is 24.5. The fourth-order valence-corrected chi connectivity index (χ4v) is 11.3. The lowest BCUT2D eigenvalue weighted by Gasteiger charge is -2.36. The molecule has 3 aliphatic rings. The van der Waals surface area contributed by atoms with E-state index < -0.39 is 64.6 Å². The third-order valence-corrected chi connectivity index (χ3v) is 15.4. The summed E-state index contributed by atoms with van der Waals surface area (Å²) in [5.41, 5.74) is 5.75. The maximum absolute atomic E-state index is 15.0. The second-order valence-electron chi connectivity index (χ2n) is 18.9. The van der Waals surface area contributed by atoms with Gasteiger partial charge in [0.1, 0.15) is 29.0 Å². The van der Waals surface area contributed by atoms with Gasteiger partial charge in [0.15, 0.2) is 5.82 Å². The minimum absolute atomic E-state index is 0.0793. The molecule has 2 N–H and O–H groups in total. The Morgan fingerprint density at radius 1 is 0.942 bits per heavy atom. The number of nitrogens with one attached hydrogen (secondary N) is 2. The highest BCUT2D eigenvalue weighted by molar-refractivity contribution is 7.15. The van der Waals surface area contributed by atoms with Gasteiger partial charge in [-0.1, -0.05) is 81.5 Å². The number of aliphatic imine (C=N–C) groups is 1. The molecule has 18 heteroatoms. The number of nitrogens with zero attached hydrogens (tertiary/aromatic N) is 6. The molecule has 5 heterocycles. The molecular formula is C51H55F3N8O5S2. The molecule has 5 atom stereocenters. The van der Waals surface area contributed by atoms with Gasteiger partial charge in [-0.05, 0) is 81.5 Å². The van der Waals surface area contributed by atoms with E-state index >= 15 is 13.2 Å². The summed E-state index contributed by atoms with van der Waals surface area (Å²) < 4.78 is 51.9. The van der Waals surface area contributed by atoms with Crippen molar-refractivity contribution < 1.29 is 37.1 Å². The molecule has 1 aliphatic carbocycles. The van der Waals surface area contributed by atoms with Crippen molar-refractivity contribution in [2.45, 2.75) is 117 Å². The largest absolute Gasteiger partial charge is 0.469 e. The molecular weight excluding hydrogens is 926 g/mol. The van der Waals surface area contributed by atoms with Crippen LogP contribution >= 0.6 is 22.7 Å². The second kappa shape index (κ2) is 19.3. The number of rotatable bonds is 11. The first kappa shape index (κ1) is 49.2. The topological polar surface area (TPSA) is 161 Å². The average Bonchev–Trinajstić information content (AvgIpc) is 4.11. The van der Waals surface area contributed by atoms with E-state index in [9.17, 15) is 19.2 Å². The SMILES string of the molecule is COC(=O)C[C@@H]1N=C(c2ccc(C3C=C(C(F)(F)F)C(C(=O)N[C@H](C(=O)N4CCC[C@H]4C(=O)N[C@@H](C)c4ccc(-c5scnc5C)cc4)C(C)(C)C)=CC3)cc2)c2c(sc(C)c2C)-n2c(C)nnc21. The summed E-state index contributed by atoms with van der Waals surface area (Å²) in [6.07, 6.45) is -1.60. The van der Waals surface area contributed by atoms with Crippen LogP contribution in [0.1, 0.15) is 121 Å². The van der Waals surface area contributed by atoms with Gasteiger partial charge in [-0.2, -0.15) is 13.2 Å². The Labute approximate surface area is 407 Å². The number of esters is 1. The summed E-state index contributed by atoms with van der Waals surface area (Å²) in [7, 11) is 1.31. The van der Waals surface area contributed by atoms with Crippen LogP contribution in [0.4, 0.5) is 13.2 Å². The fourth-order valence-electron chi connectivity index (χ4n) is 9.28. The van der Waals surface area contributed by atoms with Gasteiger partial charge in [-0.25, -0.2) is 4.98 Å². The van der Waals surface area contributed by atoms with Crippen molar-refractivity contribution in [1.29, 1.82) is 0 Å². The summed E-state index contributed by atoms with van der Waals surface area (Å²) in [6, 6.07) is 11.8. The predicted octanol–water partition coefficient (Wildman–Crippen LogP) is 9.44. The van der Waals surface area contributed by atoms with E-state index in [0.717, 1.165) is 48.8 Å². The fraction of sp³-hybridized carbons (Fsp3) is 0.412. The smallest absolute Gasteiger partial charge is 0.416 e. The van der Waals surface area contributed by atoms with E-state index in [1.54, 1.807) is 73.2 Å². The minimum Gasteiger partial charge on any atom is -0.469 e. The van der Waals surface area contributed by atoms with Crippen LogP contribution < -0.4 is 10.6 Å². The Bertz CT molecular complexity index is 2910. The summed E-state index contributed by atoms with van der Waals surface area (Å²) in [5, 5.41) is 15.3. The molecule has 1 fully saturated rings. The first-order valence-electron chi connectivity index (χ1n) is 22.9. The predicted molar refractivity (Wildman–Crippen MR) is 259 cm³/mol. The number of aromatic nitrogens is 4. The molecule has 13 nitrogen and oxygen atoms in total. The number of alkyl halides is 3. The lowest BCUT2D eigenvalue weighted by molar-refractivity contribution is -0.143. The van der Waals surface area contributed by atoms with Gasteiger partial charge in [-0.3, -0.25) is 28.7 Å². The summed E-state index contributed by atoms with van der Waals surface area (Å²) in [5.74, 6) is -1.99. The molecule has 0 bridgehead atoms. The number of aryl methyl sites for hydroxylation is 3. The monoisotopic (exact) mass is 980 g/mol. The van der Waals surface area contributed by atoms with E-state index in [4.69, 9.17) is 9.73 Å². The molecule has 69 heavy (non-hydrogen) atoms. The third-order valence-electron chi connectivity index (χ3n) is 13.2. The Morgan fingerprint density at radius 3 is 2.28 bits per heavy atom. The number of methoxy groups -OCH3 is 1. The molecule has 0 radical (unpaired) electrons. The van der Waals surface area contributed by atoms with Crippen LogP contribution in [-0.2, 0) is 23.9 Å². The average molecular weight is 981 g/mol. The van der Waals surface area contributed by atoms with E-state index in [2.05, 4.69) is 25.8 Å². The van der Waals surface area contributed by atoms with Gasteiger partial charge in [0.2, 0.25) is 11.8 Å². The van der Waals surface area contributed by atoms with Crippen molar-refractivity contribution in [3.05, 3.63) is 127 Å². The Balaban J connectivity index is 0.992. The highest BCUT2D eigenvalue weighted by Gasteiger charge is 2.45. The molecule has 3 aromatic heterocycles. The first-order chi connectivity index (χ1) is 32.7. The van der Waals surface area contributed by atoms with Crippen LogP contribution in [0.2, 0.25) is 0 Å². The number of benzene rings is 2. The molecule has 2 aliphatic heterocycles. The van der Waals surface area contributed by atoms with Crippen LogP contribution in [0.15, 0.2) is 82.3 Å². The molecule has 362 valence electrons. The number of amides is 3. The van der Waals surface area contributed by atoms with E-state index in [1.165, 1.54) is 18.1 Å². The van der Waals surface area contributed by atoms with Crippen LogP contribution in [0.5, 0.6) is 0 Å². The van der Waals surface area contributed by atoms with Crippen LogP contribution in [0.25, 0.3) is 15.4 Å². The zero-order valence-electron chi connectivity index (χ0n) is 39.9. The Morgan fingerprint density at radius 2 is 1.64 bits per heavy atom. The third kappa shape index (κ3) is 9.82. The number of halogens is 3. The number of carbonyl (C=O) groups excluding carboxylic acids is 4. The number of hydrogen-bond donors (Lipinski definition) is 2. The van der Waals surface area contributed by atoms with Crippen LogP contribution in [0.3, 0.4) is 0 Å². The lowest BCUT2D eigenvalue weighted by Crippen LogP contribution is -2.58. The van der Waals surface area contributed by atoms with E-state index in [1.807, 2.05) is 63.5 Å². The Hall–Kier alpha value is -6.27. The molecule has 0 spiro atoms. The summed E-state index contributed by atoms with van der Waals surface area (Å²) in [4.78, 5) is 67.8. The molecule has 3 amide bonds. The quantitative estimate of drug-likeness (QED) is 0.124. The molecule has 1 unspecified atom stereocenters. The molecule has 2 aromatic carbocycles. The van der Waals surface area contributed by atoms with Gasteiger partial charge in [0, 0.05) is 34.0 Å². The molecule has 5 aromatic rings. The van der Waals surface area contributed by atoms with Crippen molar-refractivity contribution in [2.75, 3.05) is 13.7 Å². The number of likely N-dealkylation sites (tertiary alicyclic amines) is 1. The standard InChI is InChI=1S/C51H55F3N8O5S2/c1-26-29(4)69-49-41(26)42(57-38(24-40(63)67-9)45-60-59-30(5)62(45)49)33-16-14-32(15-17-33)35-20-21-36(37(23-35)51(52,53)54)46(64)58-44(50(6,7)8)48(66)61-22-10-11-39(61)47(65)56-27(2)31-12-18-34(19-13-31)43-28(3)55-25-68-43/h12-19,21,23,25,27,35,38-39,44H,10-11,20,22,24H2,1-9H3,(H,56,65)(H,58,64)/t27-,35?,38-,39-,44+/m0/s1. The van der Waals surface area contributed by atoms with Crippen LogP contribution in [-0.4, -0.2) is 86.0 Å². The van der Waals surface area contributed by atoms with E-state index in [-0.39, 0.29) is 31.3 Å². The lowest BCUT2D eigenvalue weighted by atomic mass is 9.83. The zero-order chi connectivity index (χ0) is 49.7. The van der Waals surface area contributed by atoms with Gasteiger partial charge in [-0.15, -0.1) is 32.9 Å². The van der Waals surface area contributed by atoms with Crippen molar-refractivity contribution in [3.63, 3.8) is 0 Å². The Kier molecular flexibility index (Phi) is 13.7. The number of thiophene rings is 1. The number of carbonyl (C=O) groups is 4. The maximum Gasteiger partial charge on any atom is 0.416 e. The van der Waals surface area contributed by atoms with Gasteiger partial charge in [0.05, 0.1) is 46.9 Å². The number of thiazole rings is 1. The molecule has 8 rings (SSSR count). The van der Waals surface area contributed by atoms with Crippen molar-refractivity contribution in [2.24, 2.45) is 10.4 Å². The zero-order valence-corrected chi connectivity index (χ0v) is 41.6. The van der Waals surface area contributed by atoms with Gasteiger partial charge < -0.3 is 20.3 Å². The van der Waals surface area contributed by atoms with Crippen molar-refractivity contribution >= 4 is 52.1 Å². The van der Waals surface area contributed by atoms with Gasteiger partial charge in [0.25, 0.3) is 5.91 Å². The summed E-state index contributed by atoms with van der Waals surface area (Å²) >= 11 is 3.11. The number of fused-ring (bicyclic) bond motifs is 3. The second-order valence-corrected chi connectivity index (χ2v) is 21.0. The number of allylic oxidation sites excluding steroid dienone is 2. The maximum atomic E-state index is 15.0. The van der Waals surface area contributed by atoms with Crippen molar-refractivity contribution in [3.8, 4) is 15.4 Å². The number of ether oxygens (including phenoxy) is 1.